The number of furan rings is 1. The molecule has 1 unspecified atom stereocenters. The molecule has 1 fully saturated rings. The van der Waals surface area contributed by atoms with Crippen LogP contribution in [0.5, 0.6) is 0 Å². The smallest absolute Gasteiger partial charge is 0.242 e. The average molecular weight is 319 g/mol. The highest BCUT2D eigenvalue weighted by atomic mass is 32.1. The van der Waals surface area contributed by atoms with Gasteiger partial charge in [-0.05, 0) is 23.6 Å². The Morgan fingerprint density at radius 2 is 2.36 bits per heavy atom. The largest absolute Gasteiger partial charge is 0.467 e. The van der Waals surface area contributed by atoms with Crippen LogP contribution in [0.25, 0.3) is 0 Å². The third-order valence-electron chi connectivity index (χ3n) is 3.51. The van der Waals surface area contributed by atoms with Gasteiger partial charge in [0.25, 0.3) is 0 Å². The zero-order valence-electron chi connectivity index (χ0n) is 12.0. The molecule has 0 radical (unpaired) electrons. The predicted molar refractivity (Wildman–Crippen MR) is 82.2 cm³/mol. The first-order valence-corrected chi connectivity index (χ1v) is 7.96. The van der Waals surface area contributed by atoms with Crippen LogP contribution in [-0.4, -0.2) is 36.3 Å². The molecule has 0 aliphatic carbocycles. The second-order valence-electron chi connectivity index (χ2n) is 5.04. The molecule has 3 heterocycles. The highest BCUT2D eigenvalue weighted by Crippen LogP contribution is 2.26. The summed E-state index contributed by atoms with van der Waals surface area (Å²) in [5, 5.41) is 7.60. The summed E-state index contributed by atoms with van der Waals surface area (Å²) >= 11 is 1.53. The van der Waals surface area contributed by atoms with Gasteiger partial charge in [0.05, 0.1) is 19.4 Å². The zero-order chi connectivity index (χ0) is 15.4. The van der Waals surface area contributed by atoms with Crippen molar-refractivity contribution in [2.45, 2.75) is 12.6 Å². The molecule has 22 heavy (non-hydrogen) atoms. The van der Waals surface area contributed by atoms with E-state index in [1.54, 1.807) is 12.3 Å². The van der Waals surface area contributed by atoms with Crippen LogP contribution in [-0.2, 0) is 16.1 Å². The monoisotopic (exact) mass is 319 g/mol. The Balaban J connectivity index is 1.61. The van der Waals surface area contributed by atoms with E-state index in [0.29, 0.717) is 25.4 Å². The van der Waals surface area contributed by atoms with Crippen molar-refractivity contribution in [3.05, 3.63) is 46.5 Å². The van der Waals surface area contributed by atoms with E-state index in [1.165, 1.54) is 11.3 Å². The maximum atomic E-state index is 12.1. The van der Waals surface area contributed by atoms with Crippen molar-refractivity contribution in [1.82, 2.24) is 15.5 Å². The van der Waals surface area contributed by atoms with E-state index < -0.39 is 0 Å². The van der Waals surface area contributed by atoms with Gasteiger partial charge in [0.2, 0.25) is 11.8 Å². The summed E-state index contributed by atoms with van der Waals surface area (Å²) in [5.74, 6) is 0.541. The summed E-state index contributed by atoms with van der Waals surface area (Å²) in [6.07, 6.45) is 1.57. The second-order valence-corrected chi connectivity index (χ2v) is 6.01. The Bertz CT molecular complexity index is 625. The van der Waals surface area contributed by atoms with Crippen molar-refractivity contribution in [2.75, 3.05) is 19.6 Å². The minimum Gasteiger partial charge on any atom is -0.467 e. The maximum Gasteiger partial charge on any atom is 0.242 e. The fourth-order valence-electron chi connectivity index (χ4n) is 2.48. The SMILES string of the molecule is O=C(CN1CCNC(=O)C1c1cccs1)NCc1ccco1. The van der Waals surface area contributed by atoms with E-state index in [4.69, 9.17) is 4.42 Å². The highest BCUT2D eigenvalue weighted by molar-refractivity contribution is 7.10. The predicted octanol–water partition coefficient (Wildman–Crippen LogP) is 1.13. The van der Waals surface area contributed by atoms with Crippen LogP contribution in [0.15, 0.2) is 40.3 Å². The Morgan fingerprint density at radius 1 is 1.45 bits per heavy atom. The molecule has 1 aliphatic heterocycles. The van der Waals surface area contributed by atoms with Gasteiger partial charge in [-0.15, -0.1) is 11.3 Å². The Morgan fingerprint density at radius 3 is 3.09 bits per heavy atom. The number of thiophene rings is 1. The first-order valence-electron chi connectivity index (χ1n) is 7.08. The number of amides is 2. The van der Waals surface area contributed by atoms with Crippen LogP contribution in [0, 0.1) is 0 Å². The molecule has 0 saturated carbocycles. The molecule has 1 aliphatic rings. The summed E-state index contributed by atoms with van der Waals surface area (Å²) < 4.78 is 5.18. The lowest BCUT2D eigenvalue weighted by atomic mass is 10.1. The van der Waals surface area contributed by atoms with Crippen LogP contribution in [0.2, 0.25) is 0 Å². The Labute approximate surface area is 132 Å². The number of nitrogens with one attached hydrogen (secondary N) is 2. The van der Waals surface area contributed by atoms with Crippen molar-refractivity contribution >= 4 is 23.2 Å². The van der Waals surface area contributed by atoms with E-state index in [9.17, 15) is 9.59 Å². The molecule has 1 saturated heterocycles. The third-order valence-corrected chi connectivity index (χ3v) is 4.44. The lowest BCUT2D eigenvalue weighted by molar-refractivity contribution is -0.131. The molecular formula is C15H17N3O3S. The number of carbonyl (C=O) groups excluding carboxylic acids is 2. The first-order chi connectivity index (χ1) is 10.7. The second kappa shape index (κ2) is 6.76. The summed E-state index contributed by atoms with van der Waals surface area (Å²) in [5.41, 5.74) is 0. The normalized spacial score (nSPS) is 18.9. The summed E-state index contributed by atoms with van der Waals surface area (Å²) in [7, 11) is 0. The van der Waals surface area contributed by atoms with Gasteiger partial charge in [-0.3, -0.25) is 14.5 Å². The van der Waals surface area contributed by atoms with Gasteiger partial charge in [0.1, 0.15) is 11.8 Å². The van der Waals surface area contributed by atoms with Crippen molar-refractivity contribution in [3.8, 4) is 0 Å². The molecule has 0 bridgehead atoms. The first kappa shape index (κ1) is 14.8. The molecular weight excluding hydrogens is 302 g/mol. The molecule has 0 spiro atoms. The van der Waals surface area contributed by atoms with Gasteiger partial charge in [0, 0.05) is 18.0 Å². The topological polar surface area (TPSA) is 74.6 Å². The number of rotatable bonds is 5. The standard InChI is InChI=1S/C15H17N3O3S/c19-13(17-9-11-3-1-7-21-11)10-18-6-5-16-15(20)14(18)12-4-2-8-22-12/h1-4,7-8,14H,5-6,9-10H2,(H,16,20)(H,17,19). The van der Waals surface area contributed by atoms with Crippen LogP contribution in [0.1, 0.15) is 16.7 Å². The van der Waals surface area contributed by atoms with Crippen molar-refractivity contribution in [1.29, 1.82) is 0 Å². The van der Waals surface area contributed by atoms with Crippen LogP contribution >= 0.6 is 11.3 Å². The molecule has 7 heteroatoms. The lowest BCUT2D eigenvalue weighted by Gasteiger charge is -2.33. The summed E-state index contributed by atoms with van der Waals surface area (Å²) in [6, 6.07) is 7.04. The molecule has 2 N–H and O–H groups in total. The fourth-order valence-corrected chi connectivity index (χ4v) is 3.34. The molecule has 116 valence electrons. The van der Waals surface area contributed by atoms with Gasteiger partial charge in [0.15, 0.2) is 0 Å². The molecule has 1 atom stereocenters. The van der Waals surface area contributed by atoms with Gasteiger partial charge >= 0.3 is 0 Å². The summed E-state index contributed by atoms with van der Waals surface area (Å²) in [6.45, 7) is 1.76. The van der Waals surface area contributed by atoms with Gasteiger partial charge < -0.3 is 15.1 Å². The Hall–Kier alpha value is -2.12. The van der Waals surface area contributed by atoms with E-state index in [1.807, 2.05) is 28.5 Å². The molecule has 2 amide bonds. The number of hydrogen-bond donors (Lipinski definition) is 2. The minimum atomic E-state index is -0.386. The zero-order valence-corrected chi connectivity index (χ0v) is 12.8. The molecule has 3 rings (SSSR count). The van der Waals surface area contributed by atoms with Crippen molar-refractivity contribution < 1.29 is 14.0 Å². The lowest BCUT2D eigenvalue weighted by Crippen LogP contribution is -2.52. The van der Waals surface area contributed by atoms with Gasteiger partial charge in [-0.25, -0.2) is 0 Å². The van der Waals surface area contributed by atoms with Crippen LogP contribution in [0.4, 0.5) is 0 Å². The molecule has 2 aromatic heterocycles. The third kappa shape index (κ3) is 3.37. The van der Waals surface area contributed by atoms with Gasteiger partial charge in [-0.1, -0.05) is 6.07 Å². The fraction of sp³-hybridized carbons (Fsp3) is 0.333. The van der Waals surface area contributed by atoms with Gasteiger partial charge in [-0.2, -0.15) is 0 Å². The average Bonchev–Trinajstić information content (AvgIpc) is 3.19. The molecule has 2 aromatic rings. The van der Waals surface area contributed by atoms with E-state index >= 15 is 0 Å². The maximum absolute atomic E-state index is 12.1. The van der Waals surface area contributed by atoms with E-state index in [0.717, 1.165) is 4.88 Å². The van der Waals surface area contributed by atoms with Crippen molar-refractivity contribution in [3.63, 3.8) is 0 Å². The molecule has 0 aromatic carbocycles. The number of hydrogen-bond acceptors (Lipinski definition) is 5. The number of piperazine rings is 1. The van der Waals surface area contributed by atoms with Crippen molar-refractivity contribution in [2.24, 2.45) is 0 Å². The van der Waals surface area contributed by atoms with Crippen LogP contribution < -0.4 is 10.6 Å². The minimum absolute atomic E-state index is 0.0486. The number of nitrogens with zero attached hydrogens (tertiary/aromatic N) is 1. The number of carbonyl (C=O) groups is 2. The van der Waals surface area contributed by atoms with E-state index in [-0.39, 0.29) is 24.4 Å². The van der Waals surface area contributed by atoms with Crippen LogP contribution in [0.3, 0.4) is 0 Å². The Kier molecular flexibility index (Phi) is 4.55. The van der Waals surface area contributed by atoms with E-state index in [2.05, 4.69) is 10.6 Å². The summed E-state index contributed by atoms with van der Waals surface area (Å²) in [4.78, 5) is 27.1. The quantitative estimate of drug-likeness (QED) is 0.866. The highest BCUT2D eigenvalue weighted by Gasteiger charge is 2.32. The molecule has 6 nitrogen and oxygen atoms in total.